The van der Waals surface area contributed by atoms with Crippen molar-refractivity contribution in [1.29, 1.82) is 0 Å². The van der Waals surface area contributed by atoms with Crippen LogP contribution in [0.25, 0.3) is 11.0 Å². The van der Waals surface area contributed by atoms with Crippen molar-refractivity contribution in [3.63, 3.8) is 0 Å². The van der Waals surface area contributed by atoms with Gasteiger partial charge < -0.3 is 9.94 Å². The zero-order chi connectivity index (χ0) is 11.5. The second kappa shape index (κ2) is 4.28. The number of hydrogen-bond acceptors (Lipinski definition) is 3. The number of nitrogens with one attached hydrogen (secondary N) is 1. The van der Waals surface area contributed by atoms with E-state index in [2.05, 4.69) is 5.10 Å². The van der Waals surface area contributed by atoms with Gasteiger partial charge >= 0.3 is 11.3 Å². The lowest BCUT2D eigenvalue weighted by molar-refractivity contribution is -0.898. The lowest BCUT2D eigenvalue weighted by Crippen LogP contribution is -2.44. The molecule has 0 saturated heterocycles. The summed E-state index contributed by atoms with van der Waals surface area (Å²) in [5, 5.41) is 12.4. The molecule has 2 rings (SSSR count). The standard InChI is InChI=1S/C10H12N3O3/c1-16-7-6-10-11-13(15)9-5-3-2-4-8(9)12(10)14/h2-5,14H,6-7H2,1H3/q+1/p+1. The van der Waals surface area contributed by atoms with Crippen LogP contribution in [0.1, 0.15) is 5.82 Å². The number of hydrogen-bond donors (Lipinski definition) is 2. The number of methoxy groups -OCH3 is 1. The predicted molar refractivity (Wildman–Crippen MR) is 54.6 cm³/mol. The Hall–Kier alpha value is -1.95. The van der Waals surface area contributed by atoms with Crippen LogP contribution in [0.4, 0.5) is 0 Å². The summed E-state index contributed by atoms with van der Waals surface area (Å²) < 4.78 is 6.50. The number of benzene rings is 1. The molecule has 0 atom stereocenters. The molecule has 0 unspecified atom stereocenters. The number of para-hydroxylation sites is 2. The van der Waals surface area contributed by atoms with Gasteiger partial charge in [-0.05, 0) is 10.8 Å². The van der Waals surface area contributed by atoms with E-state index in [4.69, 9.17) is 4.74 Å². The Labute approximate surface area is 91.3 Å². The maximum absolute atomic E-state index is 11.6. The Morgan fingerprint density at radius 1 is 1.38 bits per heavy atom. The van der Waals surface area contributed by atoms with Crippen molar-refractivity contribution in [2.75, 3.05) is 13.7 Å². The zero-order valence-corrected chi connectivity index (χ0v) is 8.88. The molecule has 0 radical (unpaired) electrons. The van der Waals surface area contributed by atoms with Crippen molar-refractivity contribution in [1.82, 2.24) is 5.10 Å². The van der Waals surface area contributed by atoms with Crippen molar-refractivity contribution < 1.29 is 19.2 Å². The van der Waals surface area contributed by atoms with Crippen LogP contribution in [0, 0.1) is 4.91 Å². The maximum atomic E-state index is 11.6. The van der Waals surface area contributed by atoms with Gasteiger partial charge in [-0.3, -0.25) is 0 Å². The molecule has 6 heteroatoms. The minimum absolute atomic E-state index is 0.381. The fourth-order valence-corrected chi connectivity index (χ4v) is 1.55. The van der Waals surface area contributed by atoms with Crippen molar-refractivity contribution in [2.45, 2.75) is 6.42 Å². The highest BCUT2D eigenvalue weighted by molar-refractivity contribution is 5.66. The minimum Gasteiger partial charge on any atom is -0.384 e. The van der Waals surface area contributed by atoms with Gasteiger partial charge in [-0.2, -0.15) is 0 Å². The summed E-state index contributed by atoms with van der Waals surface area (Å²) in [5.41, 5.74) is 0.841. The summed E-state index contributed by atoms with van der Waals surface area (Å²) in [5.74, 6) is 0.399. The van der Waals surface area contributed by atoms with Crippen LogP contribution in [-0.2, 0) is 11.2 Å². The third-order valence-corrected chi connectivity index (χ3v) is 2.36. The molecule has 1 aromatic heterocycles. The van der Waals surface area contributed by atoms with E-state index in [0.717, 1.165) is 4.73 Å². The summed E-state index contributed by atoms with van der Waals surface area (Å²) in [6, 6.07) is 6.80. The van der Waals surface area contributed by atoms with Gasteiger partial charge in [0.1, 0.15) is 0 Å². The largest absolute Gasteiger partial charge is 0.384 e. The summed E-state index contributed by atoms with van der Waals surface area (Å²) in [7, 11) is 1.56. The van der Waals surface area contributed by atoms with E-state index in [-0.39, 0.29) is 0 Å². The molecule has 0 aliphatic carbocycles. The SMILES string of the molecule is COCCc1[nH][n+](=O)c2ccccc2[n+]1O. The number of fused-ring (bicyclic) bond motifs is 1. The van der Waals surface area contributed by atoms with E-state index in [9.17, 15) is 10.1 Å². The smallest absolute Gasteiger partial charge is 0.364 e. The molecule has 2 N–H and O–H groups in total. The van der Waals surface area contributed by atoms with Crippen molar-refractivity contribution in [3.05, 3.63) is 35.0 Å². The van der Waals surface area contributed by atoms with Gasteiger partial charge in [0.15, 0.2) is 0 Å². The molecule has 1 aromatic carbocycles. The number of aromatic amines is 1. The van der Waals surface area contributed by atoms with E-state index in [1.54, 1.807) is 31.4 Å². The van der Waals surface area contributed by atoms with Crippen LogP contribution in [0.5, 0.6) is 0 Å². The van der Waals surface area contributed by atoms with Crippen molar-refractivity contribution >= 4 is 11.0 Å². The number of ether oxygens (including phenoxy) is 1. The summed E-state index contributed by atoms with van der Waals surface area (Å²) in [6.07, 6.45) is 0.431. The molecule has 16 heavy (non-hydrogen) atoms. The maximum Gasteiger partial charge on any atom is 0.364 e. The van der Waals surface area contributed by atoms with Crippen LogP contribution in [-0.4, -0.2) is 24.0 Å². The quantitative estimate of drug-likeness (QED) is 0.559. The van der Waals surface area contributed by atoms with Crippen molar-refractivity contribution in [2.24, 2.45) is 0 Å². The van der Waals surface area contributed by atoms with E-state index >= 15 is 0 Å². The summed E-state index contributed by atoms with van der Waals surface area (Å²) in [6.45, 7) is 0.426. The topological polar surface area (TPSA) is 72.1 Å². The average molecular weight is 223 g/mol. The first-order valence-electron chi connectivity index (χ1n) is 4.90. The highest BCUT2D eigenvalue weighted by Crippen LogP contribution is 2.02. The lowest BCUT2D eigenvalue weighted by atomic mass is 10.3. The van der Waals surface area contributed by atoms with Gasteiger partial charge in [-0.15, -0.1) is 0 Å². The number of rotatable bonds is 3. The zero-order valence-electron chi connectivity index (χ0n) is 8.88. The molecule has 6 nitrogen and oxygen atoms in total. The molecule has 0 aliphatic rings. The monoisotopic (exact) mass is 223 g/mol. The van der Waals surface area contributed by atoms with Crippen LogP contribution in [0.2, 0.25) is 0 Å². The Balaban J connectivity index is 2.61. The predicted octanol–water partition coefficient (Wildman–Crippen LogP) is -0.204. The molecule has 2 aromatic rings. The molecule has 0 saturated carbocycles. The number of aromatic nitrogens is 3. The Morgan fingerprint density at radius 2 is 2.06 bits per heavy atom. The molecule has 1 heterocycles. The normalized spacial score (nSPS) is 10.8. The van der Waals surface area contributed by atoms with Crippen LogP contribution < -0.4 is 9.27 Å². The van der Waals surface area contributed by atoms with Gasteiger partial charge in [0, 0.05) is 18.3 Å². The lowest BCUT2D eigenvalue weighted by Gasteiger charge is -1.96. The van der Waals surface area contributed by atoms with Crippen molar-refractivity contribution in [3.8, 4) is 0 Å². The summed E-state index contributed by atoms with van der Waals surface area (Å²) in [4.78, 5) is 11.6. The van der Waals surface area contributed by atoms with Crippen LogP contribution in [0.15, 0.2) is 24.3 Å². The Morgan fingerprint density at radius 3 is 2.75 bits per heavy atom. The highest BCUT2D eigenvalue weighted by Gasteiger charge is 2.22. The van der Waals surface area contributed by atoms with E-state index in [1.165, 1.54) is 0 Å². The first-order valence-corrected chi connectivity index (χ1v) is 4.90. The second-order valence-electron chi connectivity index (χ2n) is 3.40. The van der Waals surface area contributed by atoms with Gasteiger partial charge in [0.25, 0.3) is 5.52 Å². The van der Waals surface area contributed by atoms with Gasteiger partial charge in [-0.1, -0.05) is 12.1 Å². The molecule has 0 amide bonds. The number of H-pyrrole nitrogens is 1. The Kier molecular flexibility index (Phi) is 2.82. The molecule has 0 spiro atoms. The molecular formula is C10H13N3O3+2. The molecule has 0 fully saturated rings. The van der Waals surface area contributed by atoms with Crippen LogP contribution >= 0.6 is 0 Å². The van der Waals surface area contributed by atoms with E-state index < -0.39 is 0 Å². The van der Waals surface area contributed by atoms with Gasteiger partial charge in [0.05, 0.1) is 17.9 Å². The first kappa shape index (κ1) is 10.6. The molecule has 0 bridgehead atoms. The average Bonchev–Trinajstić information content (AvgIpc) is 2.32. The third kappa shape index (κ3) is 1.74. The molecule has 84 valence electrons. The third-order valence-electron chi connectivity index (χ3n) is 2.36. The fraction of sp³-hybridized carbons (Fsp3) is 0.300. The molecular weight excluding hydrogens is 210 g/mol. The minimum atomic E-state index is 0.381. The Bertz CT molecular complexity index is 565. The second-order valence-corrected chi connectivity index (χ2v) is 3.40. The van der Waals surface area contributed by atoms with Crippen LogP contribution in [0.3, 0.4) is 0 Å². The van der Waals surface area contributed by atoms with E-state index in [0.29, 0.717) is 34.4 Å². The number of nitrogens with zero attached hydrogens (tertiary/aromatic N) is 2. The first-order chi connectivity index (χ1) is 7.74. The highest BCUT2D eigenvalue weighted by atomic mass is 16.5. The van der Waals surface area contributed by atoms with Gasteiger partial charge in [-0.25, -0.2) is 0 Å². The van der Waals surface area contributed by atoms with E-state index in [1.807, 2.05) is 0 Å². The summed E-state index contributed by atoms with van der Waals surface area (Å²) >= 11 is 0. The fourth-order valence-electron chi connectivity index (χ4n) is 1.55. The molecule has 0 aliphatic heterocycles. The van der Waals surface area contributed by atoms with Gasteiger partial charge in [0.2, 0.25) is 4.54 Å².